The van der Waals surface area contributed by atoms with Gasteiger partial charge in [-0.1, -0.05) is 30.3 Å². The molecule has 3 rings (SSSR count). The first kappa shape index (κ1) is 13.4. The Hall–Kier alpha value is -2.63. The summed E-state index contributed by atoms with van der Waals surface area (Å²) in [6.45, 7) is 0. The van der Waals surface area contributed by atoms with Gasteiger partial charge in [-0.25, -0.2) is 9.67 Å². The lowest BCUT2D eigenvalue weighted by Crippen LogP contribution is -2.07. The summed E-state index contributed by atoms with van der Waals surface area (Å²) in [5.41, 5.74) is 0.891. The van der Waals surface area contributed by atoms with Crippen LogP contribution in [0, 0.1) is 0 Å². The van der Waals surface area contributed by atoms with Crippen molar-refractivity contribution in [3.63, 3.8) is 0 Å². The van der Waals surface area contributed by atoms with Crippen molar-refractivity contribution >= 4 is 0 Å². The lowest BCUT2D eigenvalue weighted by atomic mass is 10.2. The van der Waals surface area contributed by atoms with Gasteiger partial charge in [0.2, 0.25) is 0 Å². The maximum Gasteiger partial charge on any atom is 0.417 e. The highest BCUT2D eigenvalue weighted by Crippen LogP contribution is 2.28. The number of benzene rings is 1. The Labute approximate surface area is 118 Å². The molecule has 3 aromatic rings. The second kappa shape index (κ2) is 5.05. The summed E-state index contributed by atoms with van der Waals surface area (Å²) in [6.07, 6.45) is -1.91. The second-order valence-corrected chi connectivity index (χ2v) is 4.41. The minimum absolute atomic E-state index is 0.338. The molecule has 0 N–H and O–H groups in total. The van der Waals surface area contributed by atoms with Crippen LogP contribution in [0.4, 0.5) is 13.2 Å². The molecule has 0 spiro atoms. The van der Waals surface area contributed by atoms with E-state index in [1.807, 2.05) is 30.3 Å². The summed E-state index contributed by atoms with van der Waals surface area (Å²) in [6, 6.07) is 13.6. The summed E-state index contributed by atoms with van der Waals surface area (Å²) < 4.78 is 38.9. The molecular weight excluding hydrogens is 279 g/mol. The van der Waals surface area contributed by atoms with Gasteiger partial charge in [0.25, 0.3) is 0 Å². The van der Waals surface area contributed by atoms with E-state index in [-0.39, 0.29) is 0 Å². The Bertz CT molecular complexity index is 731. The Morgan fingerprint density at radius 3 is 2.29 bits per heavy atom. The van der Waals surface area contributed by atoms with Crippen LogP contribution in [0.2, 0.25) is 0 Å². The minimum atomic E-state index is -4.38. The normalized spacial score (nSPS) is 11.6. The fourth-order valence-corrected chi connectivity index (χ4v) is 1.90. The van der Waals surface area contributed by atoms with E-state index in [4.69, 9.17) is 0 Å². The van der Waals surface area contributed by atoms with Crippen molar-refractivity contribution < 1.29 is 13.2 Å². The van der Waals surface area contributed by atoms with Crippen molar-refractivity contribution in [2.75, 3.05) is 0 Å². The lowest BCUT2D eigenvalue weighted by Gasteiger charge is -2.06. The first-order valence-electron chi connectivity index (χ1n) is 6.19. The van der Waals surface area contributed by atoms with Gasteiger partial charge in [0.05, 0.1) is 11.3 Å². The SMILES string of the molecule is FC(F)(F)c1ccc(-n2ccc(-c3ccccc3)n2)nc1. The molecule has 0 unspecified atom stereocenters. The maximum atomic E-state index is 12.5. The maximum absolute atomic E-state index is 12.5. The molecule has 3 nitrogen and oxygen atoms in total. The molecule has 0 fully saturated rings. The molecule has 0 radical (unpaired) electrons. The largest absolute Gasteiger partial charge is 0.417 e. The second-order valence-electron chi connectivity index (χ2n) is 4.41. The number of nitrogens with zero attached hydrogens (tertiary/aromatic N) is 3. The van der Waals surface area contributed by atoms with Crippen LogP contribution < -0.4 is 0 Å². The molecule has 2 heterocycles. The molecule has 0 bridgehead atoms. The topological polar surface area (TPSA) is 30.7 Å². The van der Waals surface area contributed by atoms with E-state index in [1.54, 1.807) is 12.3 Å². The molecule has 0 saturated carbocycles. The van der Waals surface area contributed by atoms with Crippen LogP contribution in [0.25, 0.3) is 17.1 Å². The standard InChI is InChI=1S/C15H10F3N3/c16-15(17,18)12-6-7-14(19-10-12)21-9-8-13(20-21)11-4-2-1-3-5-11/h1-10H. The smallest absolute Gasteiger partial charge is 0.237 e. The van der Waals surface area contributed by atoms with Crippen molar-refractivity contribution in [3.05, 3.63) is 66.5 Å². The van der Waals surface area contributed by atoms with Crippen LogP contribution in [-0.2, 0) is 6.18 Å². The number of alkyl halides is 3. The third-order valence-electron chi connectivity index (χ3n) is 2.97. The van der Waals surface area contributed by atoms with Gasteiger partial charge in [0.15, 0.2) is 5.82 Å². The summed E-state index contributed by atoms with van der Waals surface area (Å²) in [5.74, 6) is 0.338. The molecule has 0 atom stereocenters. The molecular formula is C15H10F3N3. The number of hydrogen-bond donors (Lipinski definition) is 0. The molecule has 0 aliphatic rings. The highest BCUT2D eigenvalue weighted by Gasteiger charge is 2.30. The summed E-state index contributed by atoms with van der Waals surface area (Å²) in [4.78, 5) is 3.80. The van der Waals surface area contributed by atoms with Gasteiger partial charge in [0.1, 0.15) is 0 Å². The minimum Gasteiger partial charge on any atom is -0.237 e. The molecule has 0 saturated heterocycles. The average Bonchev–Trinajstić information content (AvgIpc) is 2.97. The average molecular weight is 289 g/mol. The van der Waals surface area contributed by atoms with Gasteiger partial charge in [-0.2, -0.15) is 18.3 Å². The van der Waals surface area contributed by atoms with E-state index in [2.05, 4.69) is 10.1 Å². The zero-order chi connectivity index (χ0) is 14.9. The predicted molar refractivity (Wildman–Crippen MR) is 71.8 cm³/mol. The third kappa shape index (κ3) is 2.79. The Morgan fingerprint density at radius 1 is 0.905 bits per heavy atom. The fraction of sp³-hybridized carbons (Fsp3) is 0.0667. The Balaban J connectivity index is 1.90. The van der Waals surface area contributed by atoms with Crippen molar-refractivity contribution in [1.29, 1.82) is 0 Å². The van der Waals surface area contributed by atoms with Crippen LogP contribution >= 0.6 is 0 Å². The number of aromatic nitrogens is 3. The fourth-order valence-electron chi connectivity index (χ4n) is 1.90. The summed E-state index contributed by atoms with van der Waals surface area (Å²) in [5, 5.41) is 4.32. The van der Waals surface area contributed by atoms with Crippen molar-refractivity contribution in [2.45, 2.75) is 6.18 Å². The zero-order valence-corrected chi connectivity index (χ0v) is 10.7. The molecule has 0 aliphatic heterocycles. The molecule has 0 amide bonds. The van der Waals surface area contributed by atoms with Gasteiger partial charge < -0.3 is 0 Å². The number of hydrogen-bond acceptors (Lipinski definition) is 2. The van der Waals surface area contributed by atoms with Crippen molar-refractivity contribution in [2.24, 2.45) is 0 Å². The molecule has 21 heavy (non-hydrogen) atoms. The third-order valence-corrected chi connectivity index (χ3v) is 2.97. The first-order chi connectivity index (χ1) is 10.0. The molecule has 6 heteroatoms. The molecule has 1 aromatic carbocycles. The van der Waals surface area contributed by atoms with Crippen LogP contribution in [0.5, 0.6) is 0 Å². The Kier molecular flexibility index (Phi) is 3.21. The van der Waals surface area contributed by atoms with Crippen LogP contribution in [-0.4, -0.2) is 14.8 Å². The van der Waals surface area contributed by atoms with Crippen molar-refractivity contribution in [1.82, 2.24) is 14.8 Å². The van der Waals surface area contributed by atoms with Gasteiger partial charge in [-0.15, -0.1) is 0 Å². The van der Waals surface area contributed by atoms with E-state index in [1.165, 1.54) is 10.7 Å². The zero-order valence-electron chi connectivity index (χ0n) is 10.7. The predicted octanol–water partition coefficient (Wildman–Crippen LogP) is 3.95. The highest BCUT2D eigenvalue weighted by molar-refractivity contribution is 5.58. The van der Waals surface area contributed by atoms with Crippen LogP contribution in [0.1, 0.15) is 5.56 Å². The monoisotopic (exact) mass is 289 g/mol. The van der Waals surface area contributed by atoms with Gasteiger partial charge in [-0.05, 0) is 18.2 Å². The highest BCUT2D eigenvalue weighted by atomic mass is 19.4. The first-order valence-corrected chi connectivity index (χ1v) is 6.19. The molecule has 0 aliphatic carbocycles. The summed E-state index contributed by atoms with van der Waals surface area (Å²) >= 11 is 0. The van der Waals surface area contributed by atoms with Gasteiger partial charge >= 0.3 is 6.18 Å². The summed E-state index contributed by atoms with van der Waals surface area (Å²) in [7, 11) is 0. The number of halogens is 3. The van der Waals surface area contributed by atoms with Gasteiger partial charge in [0, 0.05) is 18.0 Å². The van der Waals surface area contributed by atoms with E-state index in [0.29, 0.717) is 5.82 Å². The lowest BCUT2D eigenvalue weighted by molar-refractivity contribution is -0.137. The van der Waals surface area contributed by atoms with E-state index in [0.717, 1.165) is 23.5 Å². The van der Waals surface area contributed by atoms with E-state index >= 15 is 0 Å². The van der Waals surface area contributed by atoms with Gasteiger partial charge in [-0.3, -0.25) is 0 Å². The van der Waals surface area contributed by atoms with E-state index in [9.17, 15) is 13.2 Å². The molecule has 106 valence electrons. The van der Waals surface area contributed by atoms with Crippen LogP contribution in [0.3, 0.4) is 0 Å². The number of pyridine rings is 1. The quantitative estimate of drug-likeness (QED) is 0.715. The number of rotatable bonds is 2. The van der Waals surface area contributed by atoms with E-state index < -0.39 is 11.7 Å². The van der Waals surface area contributed by atoms with Crippen molar-refractivity contribution in [3.8, 4) is 17.1 Å². The Morgan fingerprint density at radius 2 is 1.67 bits per heavy atom. The van der Waals surface area contributed by atoms with Crippen LogP contribution in [0.15, 0.2) is 60.9 Å². The molecule has 2 aromatic heterocycles.